The normalized spacial score (nSPS) is 11.1. The predicted octanol–water partition coefficient (Wildman–Crippen LogP) is 1.02. The first-order chi connectivity index (χ1) is 9.01. The number of hydrogen-bond donors (Lipinski definition) is 2. The van der Waals surface area contributed by atoms with E-state index in [0.717, 1.165) is 5.69 Å². The third kappa shape index (κ3) is 3.16. The average molecular weight is 279 g/mol. The van der Waals surface area contributed by atoms with E-state index in [1.807, 2.05) is 0 Å². The third-order valence-corrected chi connectivity index (χ3v) is 3.65. The van der Waals surface area contributed by atoms with Crippen LogP contribution in [0.1, 0.15) is 5.69 Å². The van der Waals surface area contributed by atoms with Gasteiger partial charge in [-0.05, 0) is 19.1 Å². The number of nitrogens with one attached hydrogen (secondary N) is 2. The molecule has 100 valence electrons. The van der Waals surface area contributed by atoms with Crippen LogP contribution >= 0.6 is 0 Å². The fourth-order valence-corrected chi connectivity index (χ4v) is 2.35. The Labute approximate surface area is 111 Å². The maximum Gasteiger partial charge on any atom is 0.264 e. The van der Waals surface area contributed by atoms with Gasteiger partial charge >= 0.3 is 0 Å². The molecule has 0 radical (unpaired) electrons. The SMILES string of the molecule is CNc1ncc(S(=O)(=O)Nc2ccnc(C)c2)cn1. The Morgan fingerprint density at radius 1 is 1.16 bits per heavy atom. The van der Waals surface area contributed by atoms with Crippen molar-refractivity contribution in [2.75, 3.05) is 17.1 Å². The third-order valence-electron chi connectivity index (χ3n) is 2.31. The summed E-state index contributed by atoms with van der Waals surface area (Å²) in [5.74, 6) is 0.360. The monoisotopic (exact) mass is 279 g/mol. The number of aromatic nitrogens is 3. The minimum absolute atomic E-state index is 0.000894. The molecule has 8 heteroatoms. The molecule has 2 aromatic heterocycles. The minimum atomic E-state index is -3.69. The molecule has 2 rings (SSSR count). The number of rotatable bonds is 4. The molecule has 7 nitrogen and oxygen atoms in total. The van der Waals surface area contributed by atoms with Crippen LogP contribution in [0.3, 0.4) is 0 Å². The molecule has 0 amide bonds. The zero-order valence-corrected chi connectivity index (χ0v) is 11.3. The molecule has 0 saturated heterocycles. The molecule has 0 fully saturated rings. The highest BCUT2D eigenvalue weighted by Gasteiger charge is 2.15. The number of hydrogen-bond acceptors (Lipinski definition) is 6. The lowest BCUT2D eigenvalue weighted by Crippen LogP contribution is -2.14. The summed E-state index contributed by atoms with van der Waals surface area (Å²) in [7, 11) is -2.03. The minimum Gasteiger partial charge on any atom is -0.357 e. The highest BCUT2D eigenvalue weighted by atomic mass is 32.2. The van der Waals surface area contributed by atoms with E-state index < -0.39 is 10.0 Å². The van der Waals surface area contributed by atoms with Crippen LogP contribution < -0.4 is 10.0 Å². The van der Waals surface area contributed by atoms with E-state index in [1.54, 1.807) is 26.1 Å². The summed E-state index contributed by atoms with van der Waals surface area (Å²) in [6.07, 6.45) is 4.03. The number of pyridine rings is 1. The molecule has 2 N–H and O–H groups in total. The number of anilines is 2. The molecule has 0 atom stereocenters. The van der Waals surface area contributed by atoms with Crippen molar-refractivity contribution < 1.29 is 8.42 Å². The smallest absolute Gasteiger partial charge is 0.264 e. The summed E-state index contributed by atoms with van der Waals surface area (Å²) in [5, 5.41) is 2.72. The number of sulfonamides is 1. The molecule has 19 heavy (non-hydrogen) atoms. The maximum atomic E-state index is 12.1. The number of nitrogens with zero attached hydrogens (tertiary/aromatic N) is 3. The van der Waals surface area contributed by atoms with E-state index in [2.05, 4.69) is 25.0 Å². The van der Waals surface area contributed by atoms with Crippen molar-refractivity contribution in [3.05, 3.63) is 36.4 Å². The van der Waals surface area contributed by atoms with Crippen molar-refractivity contribution in [3.63, 3.8) is 0 Å². The topological polar surface area (TPSA) is 96.9 Å². The van der Waals surface area contributed by atoms with Crippen molar-refractivity contribution in [1.29, 1.82) is 0 Å². The lowest BCUT2D eigenvalue weighted by atomic mass is 10.3. The Hall–Kier alpha value is -2.22. The Morgan fingerprint density at radius 3 is 2.42 bits per heavy atom. The van der Waals surface area contributed by atoms with E-state index >= 15 is 0 Å². The second-order valence-corrected chi connectivity index (χ2v) is 5.47. The first-order valence-corrected chi connectivity index (χ1v) is 6.95. The van der Waals surface area contributed by atoms with Crippen LogP contribution in [0.5, 0.6) is 0 Å². The van der Waals surface area contributed by atoms with E-state index in [1.165, 1.54) is 18.6 Å². The predicted molar refractivity (Wildman–Crippen MR) is 71.4 cm³/mol. The molecule has 2 aromatic rings. The first kappa shape index (κ1) is 13.2. The van der Waals surface area contributed by atoms with Gasteiger partial charge in [-0.3, -0.25) is 9.71 Å². The lowest BCUT2D eigenvalue weighted by Gasteiger charge is -2.08. The van der Waals surface area contributed by atoms with Gasteiger partial charge in [-0.2, -0.15) is 0 Å². The van der Waals surface area contributed by atoms with Gasteiger partial charge < -0.3 is 5.32 Å². The summed E-state index contributed by atoms with van der Waals surface area (Å²) in [5.41, 5.74) is 1.17. The van der Waals surface area contributed by atoms with Crippen LogP contribution in [0.4, 0.5) is 11.6 Å². The van der Waals surface area contributed by atoms with Crippen LogP contribution in [-0.4, -0.2) is 30.4 Å². The van der Waals surface area contributed by atoms with Gasteiger partial charge in [0.2, 0.25) is 5.95 Å². The molecule has 0 aliphatic rings. The quantitative estimate of drug-likeness (QED) is 0.867. The van der Waals surface area contributed by atoms with Crippen molar-refractivity contribution in [1.82, 2.24) is 15.0 Å². The van der Waals surface area contributed by atoms with Gasteiger partial charge in [-0.1, -0.05) is 0 Å². The summed E-state index contributed by atoms with van der Waals surface area (Å²) in [4.78, 5) is 11.7. The van der Waals surface area contributed by atoms with Crippen LogP contribution in [0, 0.1) is 6.92 Å². The van der Waals surface area contributed by atoms with Gasteiger partial charge in [0.1, 0.15) is 4.90 Å². The van der Waals surface area contributed by atoms with E-state index in [4.69, 9.17) is 0 Å². The number of aryl methyl sites for hydroxylation is 1. The molecule has 0 aromatic carbocycles. The molecule has 0 spiro atoms. The Kier molecular flexibility index (Phi) is 3.61. The highest BCUT2D eigenvalue weighted by molar-refractivity contribution is 7.92. The van der Waals surface area contributed by atoms with Gasteiger partial charge in [0, 0.05) is 18.9 Å². The van der Waals surface area contributed by atoms with Crippen molar-refractivity contribution in [2.24, 2.45) is 0 Å². The molecular formula is C11H13N5O2S. The van der Waals surface area contributed by atoms with Crippen LogP contribution in [0.25, 0.3) is 0 Å². The van der Waals surface area contributed by atoms with Crippen molar-refractivity contribution in [2.45, 2.75) is 11.8 Å². The molecule has 2 heterocycles. The summed E-state index contributed by atoms with van der Waals surface area (Å²) < 4.78 is 26.6. The van der Waals surface area contributed by atoms with E-state index in [-0.39, 0.29) is 4.90 Å². The van der Waals surface area contributed by atoms with E-state index in [9.17, 15) is 8.42 Å². The Morgan fingerprint density at radius 2 is 1.84 bits per heavy atom. The fraction of sp³-hybridized carbons (Fsp3) is 0.182. The largest absolute Gasteiger partial charge is 0.357 e. The van der Waals surface area contributed by atoms with Crippen molar-refractivity contribution in [3.8, 4) is 0 Å². The summed E-state index contributed by atoms with van der Waals surface area (Å²) >= 11 is 0. The zero-order chi connectivity index (χ0) is 13.9. The standard InChI is InChI=1S/C11H13N5O2S/c1-8-5-9(3-4-13-8)16-19(17,18)10-6-14-11(12-2)15-7-10/h3-7H,1-2H3,(H,13,16)(H,12,14,15). The highest BCUT2D eigenvalue weighted by Crippen LogP contribution is 2.15. The van der Waals surface area contributed by atoms with Gasteiger partial charge in [-0.15, -0.1) is 0 Å². The molecule has 0 saturated carbocycles. The summed E-state index contributed by atoms with van der Waals surface area (Å²) in [6, 6.07) is 3.22. The van der Waals surface area contributed by atoms with Gasteiger partial charge in [0.05, 0.1) is 18.1 Å². The molecule has 0 bridgehead atoms. The summed E-state index contributed by atoms with van der Waals surface area (Å²) in [6.45, 7) is 1.78. The van der Waals surface area contributed by atoms with Gasteiger partial charge in [-0.25, -0.2) is 18.4 Å². The fourth-order valence-electron chi connectivity index (χ4n) is 1.41. The van der Waals surface area contributed by atoms with E-state index in [0.29, 0.717) is 11.6 Å². The van der Waals surface area contributed by atoms with Crippen LogP contribution in [0.2, 0.25) is 0 Å². The van der Waals surface area contributed by atoms with Crippen LogP contribution in [0.15, 0.2) is 35.6 Å². The van der Waals surface area contributed by atoms with Gasteiger partial charge in [0.25, 0.3) is 10.0 Å². The second-order valence-electron chi connectivity index (χ2n) is 3.78. The molecular weight excluding hydrogens is 266 g/mol. The molecule has 0 aliphatic heterocycles. The average Bonchev–Trinajstić information content (AvgIpc) is 2.38. The second kappa shape index (κ2) is 5.19. The lowest BCUT2D eigenvalue weighted by molar-refractivity contribution is 0.600. The van der Waals surface area contributed by atoms with Crippen molar-refractivity contribution >= 4 is 21.7 Å². The maximum absolute atomic E-state index is 12.1. The van der Waals surface area contributed by atoms with Crippen LogP contribution in [-0.2, 0) is 10.0 Å². The Bertz CT molecular complexity index is 670. The van der Waals surface area contributed by atoms with Gasteiger partial charge in [0.15, 0.2) is 0 Å². The molecule has 0 unspecified atom stereocenters. The Balaban J connectivity index is 2.27. The molecule has 0 aliphatic carbocycles. The zero-order valence-electron chi connectivity index (χ0n) is 10.5. The first-order valence-electron chi connectivity index (χ1n) is 5.46.